The predicted octanol–water partition coefficient (Wildman–Crippen LogP) is 2.39. The van der Waals surface area contributed by atoms with Gasteiger partial charge < -0.3 is 9.84 Å². The Morgan fingerprint density at radius 1 is 1.17 bits per heavy atom. The summed E-state index contributed by atoms with van der Waals surface area (Å²) in [6, 6.07) is 14.5. The summed E-state index contributed by atoms with van der Waals surface area (Å²) < 4.78 is 5.45. The van der Waals surface area contributed by atoms with Crippen LogP contribution in [0.5, 0.6) is 5.75 Å². The lowest BCUT2D eigenvalue weighted by Gasteiger charge is -2.30. The van der Waals surface area contributed by atoms with Crippen LogP contribution in [0.3, 0.4) is 0 Å². The number of nitro groups is 1. The maximum absolute atomic E-state index is 11.0. The molecule has 0 bridgehead atoms. The SMILES string of the molecule is O=[N+]([O-])c1ccccc1OC[C@@H](O)CN1CCc2ccccc2C1. The molecule has 2 aromatic carbocycles. The molecule has 6 nitrogen and oxygen atoms in total. The lowest BCUT2D eigenvalue weighted by atomic mass is 10.00. The first-order chi connectivity index (χ1) is 11.6. The fourth-order valence-electron chi connectivity index (χ4n) is 2.98. The van der Waals surface area contributed by atoms with E-state index >= 15 is 0 Å². The molecule has 0 unspecified atom stereocenters. The van der Waals surface area contributed by atoms with Crippen LogP contribution in [0.2, 0.25) is 0 Å². The lowest BCUT2D eigenvalue weighted by Crippen LogP contribution is -2.38. The van der Waals surface area contributed by atoms with Crippen molar-refractivity contribution in [2.24, 2.45) is 0 Å². The van der Waals surface area contributed by atoms with Gasteiger partial charge in [0, 0.05) is 25.7 Å². The maximum atomic E-state index is 11.0. The highest BCUT2D eigenvalue weighted by atomic mass is 16.6. The van der Waals surface area contributed by atoms with E-state index in [1.807, 2.05) is 12.1 Å². The van der Waals surface area contributed by atoms with Crippen LogP contribution in [0.1, 0.15) is 11.1 Å². The van der Waals surface area contributed by atoms with Gasteiger partial charge in [0.15, 0.2) is 5.75 Å². The van der Waals surface area contributed by atoms with E-state index in [0.717, 1.165) is 19.5 Å². The van der Waals surface area contributed by atoms with Gasteiger partial charge >= 0.3 is 5.69 Å². The first-order valence-corrected chi connectivity index (χ1v) is 7.97. The molecule has 0 aliphatic carbocycles. The molecule has 2 aromatic rings. The number of hydrogen-bond donors (Lipinski definition) is 1. The van der Waals surface area contributed by atoms with Crippen LogP contribution in [0.15, 0.2) is 48.5 Å². The third kappa shape index (κ3) is 3.90. The quantitative estimate of drug-likeness (QED) is 0.651. The van der Waals surface area contributed by atoms with Gasteiger partial charge in [0.05, 0.1) is 4.92 Å². The lowest BCUT2D eigenvalue weighted by molar-refractivity contribution is -0.385. The van der Waals surface area contributed by atoms with Crippen molar-refractivity contribution in [2.45, 2.75) is 19.1 Å². The molecule has 126 valence electrons. The number of fused-ring (bicyclic) bond motifs is 1. The summed E-state index contributed by atoms with van der Waals surface area (Å²) >= 11 is 0. The van der Waals surface area contributed by atoms with Gasteiger partial charge in [-0.15, -0.1) is 0 Å². The second-order valence-electron chi connectivity index (χ2n) is 5.94. The van der Waals surface area contributed by atoms with Crippen molar-refractivity contribution in [2.75, 3.05) is 19.7 Å². The van der Waals surface area contributed by atoms with E-state index in [-0.39, 0.29) is 18.0 Å². The average Bonchev–Trinajstić information content (AvgIpc) is 2.60. The van der Waals surface area contributed by atoms with Crippen LogP contribution < -0.4 is 4.74 Å². The predicted molar refractivity (Wildman–Crippen MR) is 90.0 cm³/mol. The minimum Gasteiger partial charge on any atom is -0.484 e. The van der Waals surface area contributed by atoms with E-state index in [0.29, 0.717) is 6.54 Å². The van der Waals surface area contributed by atoms with Gasteiger partial charge in [0.25, 0.3) is 0 Å². The Labute approximate surface area is 140 Å². The Morgan fingerprint density at radius 2 is 1.88 bits per heavy atom. The van der Waals surface area contributed by atoms with Crippen LogP contribution in [0, 0.1) is 10.1 Å². The van der Waals surface area contributed by atoms with Crippen LogP contribution in [-0.2, 0) is 13.0 Å². The highest BCUT2D eigenvalue weighted by molar-refractivity contribution is 5.45. The Morgan fingerprint density at radius 3 is 2.67 bits per heavy atom. The second-order valence-corrected chi connectivity index (χ2v) is 5.94. The van der Waals surface area contributed by atoms with E-state index < -0.39 is 11.0 Å². The van der Waals surface area contributed by atoms with E-state index in [9.17, 15) is 15.2 Å². The molecular weight excluding hydrogens is 308 g/mol. The van der Waals surface area contributed by atoms with E-state index in [1.54, 1.807) is 18.2 Å². The van der Waals surface area contributed by atoms with E-state index in [4.69, 9.17) is 4.74 Å². The number of nitro benzene ring substituents is 1. The first kappa shape index (κ1) is 16.4. The van der Waals surface area contributed by atoms with Crippen LogP contribution in [-0.4, -0.2) is 40.7 Å². The summed E-state index contributed by atoms with van der Waals surface area (Å²) in [5.41, 5.74) is 2.56. The van der Waals surface area contributed by atoms with Crippen molar-refractivity contribution < 1.29 is 14.8 Å². The first-order valence-electron chi connectivity index (χ1n) is 7.97. The van der Waals surface area contributed by atoms with Crippen molar-refractivity contribution in [1.29, 1.82) is 0 Å². The summed E-state index contributed by atoms with van der Waals surface area (Å²) in [6.45, 7) is 2.20. The molecule has 0 saturated carbocycles. The highest BCUT2D eigenvalue weighted by Crippen LogP contribution is 2.26. The summed E-state index contributed by atoms with van der Waals surface area (Å²) in [6.07, 6.45) is 0.267. The Hall–Kier alpha value is -2.44. The van der Waals surface area contributed by atoms with Gasteiger partial charge in [-0.1, -0.05) is 36.4 Å². The summed E-state index contributed by atoms with van der Waals surface area (Å²) in [7, 11) is 0. The fourth-order valence-corrected chi connectivity index (χ4v) is 2.98. The number of aliphatic hydroxyl groups is 1. The van der Waals surface area contributed by atoms with Crippen molar-refractivity contribution in [3.63, 3.8) is 0 Å². The van der Waals surface area contributed by atoms with Gasteiger partial charge in [-0.25, -0.2) is 0 Å². The standard InChI is InChI=1S/C18H20N2O4/c21-16(13-24-18-8-4-3-7-17(18)20(22)23)12-19-10-9-14-5-1-2-6-15(14)11-19/h1-8,16,21H,9-13H2/t16-/m0/s1. The van der Waals surface area contributed by atoms with Gasteiger partial charge in [0.1, 0.15) is 12.7 Å². The normalized spacial score (nSPS) is 15.5. The average molecular weight is 328 g/mol. The molecule has 0 saturated heterocycles. The van der Waals surface area contributed by atoms with Gasteiger partial charge in [-0.05, 0) is 23.6 Å². The maximum Gasteiger partial charge on any atom is 0.310 e. The number of rotatable bonds is 6. The van der Waals surface area contributed by atoms with Crippen molar-refractivity contribution in [1.82, 2.24) is 4.90 Å². The number of β-amino-alcohol motifs (C(OH)–C–C–N with tert-alkyl or cyclic N) is 1. The van der Waals surface area contributed by atoms with E-state index in [1.165, 1.54) is 17.2 Å². The summed E-state index contributed by atoms with van der Waals surface area (Å²) in [5, 5.41) is 21.2. The number of benzene rings is 2. The molecule has 24 heavy (non-hydrogen) atoms. The number of hydrogen-bond acceptors (Lipinski definition) is 5. The number of nitrogens with zero attached hydrogens (tertiary/aromatic N) is 2. The van der Waals surface area contributed by atoms with Crippen LogP contribution in [0.25, 0.3) is 0 Å². The molecule has 1 N–H and O–H groups in total. The Balaban J connectivity index is 1.54. The fraction of sp³-hybridized carbons (Fsp3) is 0.333. The monoisotopic (exact) mass is 328 g/mol. The second kappa shape index (κ2) is 7.42. The Kier molecular flexibility index (Phi) is 5.08. The summed E-state index contributed by atoms with van der Waals surface area (Å²) in [4.78, 5) is 12.6. The van der Waals surface area contributed by atoms with Gasteiger partial charge in [-0.3, -0.25) is 15.0 Å². The molecule has 1 aliphatic heterocycles. The zero-order chi connectivity index (χ0) is 16.9. The van der Waals surface area contributed by atoms with Crippen molar-refractivity contribution in [3.8, 4) is 5.75 Å². The number of para-hydroxylation sites is 2. The molecule has 1 aliphatic rings. The minimum atomic E-state index is -0.699. The zero-order valence-corrected chi connectivity index (χ0v) is 13.3. The molecule has 0 amide bonds. The third-order valence-electron chi connectivity index (χ3n) is 4.17. The molecule has 0 radical (unpaired) electrons. The third-order valence-corrected chi connectivity index (χ3v) is 4.17. The minimum absolute atomic E-state index is 0.0308. The van der Waals surface area contributed by atoms with Crippen molar-refractivity contribution >= 4 is 5.69 Å². The molecule has 6 heteroatoms. The summed E-state index contributed by atoms with van der Waals surface area (Å²) in [5.74, 6) is 0.186. The van der Waals surface area contributed by atoms with E-state index in [2.05, 4.69) is 17.0 Å². The highest BCUT2D eigenvalue weighted by Gasteiger charge is 2.20. The molecule has 0 spiro atoms. The smallest absolute Gasteiger partial charge is 0.310 e. The number of ether oxygens (including phenoxy) is 1. The molecular formula is C18H20N2O4. The molecule has 0 fully saturated rings. The molecule has 0 aromatic heterocycles. The largest absolute Gasteiger partial charge is 0.484 e. The molecule has 1 atom stereocenters. The topological polar surface area (TPSA) is 75.8 Å². The van der Waals surface area contributed by atoms with Crippen molar-refractivity contribution in [3.05, 3.63) is 69.8 Å². The van der Waals surface area contributed by atoms with Crippen LogP contribution in [0.4, 0.5) is 5.69 Å². The zero-order valence-electron chi connectivity index (χ0n) is 13.3. The number of aliphatic hydroxyl groups excluding tert-OH is 1. The van der Waals surface area contributed by atoms with Gasteiger partial charge in [-0.2, -0.15) is 0 Å². The molecule has 1 heterocycles. The van der Waals surface area contributed by atoms with Gasteiger partial charge in [0.2, 0.25) is 0 Å². The van der Waals surface area contributed by atoms with Crippen LogP contribution >= 0.6 is 0 Å². The Bertz CT molecular complexity index is 720. The molecule has 3 rings (SSSR count).